The predicted molar refractivity (Wildman–Crippen MR) is 120 cm³/mol. The molecule has 0 saturated carbocycles. The lowest BCUT2D eigenvalue weighted by Crippen LogP contribution is -2.22. The van der Waals surface area contributed by atoms with Gasteiger partial charge in [0.25, 0.3) is 5.56 Å². The van der Waals surface area contributed by atoms with Gasteiger partial charge in [-0.3, -0.25) is 4.79 Å². The van der Waals surface area contributed by atoms with Crippen LogP contribution < -0.4 is 15.0 Å². The Morgan fingerprint density at radius 1 is 1.34 bits per heavy atom. The smallest absolute Gasteiger partial charge is 0.282 e. The van der Waals surface area contributed by atoms with Crippen LogP contribution in [0, 0.1) is 0 Å². The highest BCUT2D eigenvalue weighted by atomic mass is 79.9. The number of rotatable bonds is 7. The molecule has 0 radical (unpaired) electrons. The molecular formula is C21H19BrClN3O3. The molecule has 1 aromatic heterocycles. The quantitative estimate of drug-likeness (QED) is 0.362. The summed E-state index contributed by atoms with van der Waals surface area (Å²) in [5.41, 5.74) is 1.05. The summed E-state index contributed by atoms with van der Waals surface area (Å²) < 4.78 is 13.0. The molecule has 0 saturated heterocycles. The van der Waals surface area contributed by atoms with Crippen LogP contribution in [0.3, 0.4) is 0 Å². The summed E-state index contributed by atoms with van der Waals surface area (Å²) in [4.78, 5) is 17.5. The third-order valence-electron chi connectivity index (χ3n) is 4.11. The van der Waals surface area contributed by atoms with Crippen molar-refractivity contribution in [2.75, 3.05) is 13.7 Å². The van der Waals surface area contributed by atoms with Crippen molar-refractivity contribution < 1.29 is 9.47 Å². The molecule has 0 aliphatic heterocycles. The number of ether oxygens (including phenoxy) is 2. The SMILES string of the molecule is C=CCOc1c(Cl)cc(C=Nn2c(CC)nc3ccc(Br)cc3c2=O)cc1OC. The molecule has 0 aliphatic carbocycles. The van der Waals surface area contributed by atoms with E-state index in [9.17, 15) is 4.79 Å². The highest BCUT2D eigenvalue weighted by molar-refractivity contribution is 9.10. The van der Waals surface area contributed by atoms with Crippen LogP contribution in [0.2, 0.25) is 5.02 Å². The lowest BCUT2D eigenvalue weighted by Gasteiger charge is -2.12. The molecule has 1 heterocycles. The molecule has 0 aliphatic rings. The Balaban J connectivity index is 2.06. The first-order valence-corrected chi connectivity index (χ1v) is 10.0. The van der Waals surface area contributed by atoms with Crippen molar-refractivity contribution in [2.45, 2.75) is 13.3 Å². The fraction of sp³-hybridized carbons (Fsp3) is 0.190. The molecule has 6 nitrogen and oxygen atoms in total. The topological polar surface area (TPSA) is 65.7 Å². The van der Waals surface area contributed by atoms with E-state index in [1.165, 1.54) is 18.0 Å². The van der Waals surface area contributed by atoms with E-state index in [0.29, 0.717) is 51.8 Å². The number of aromatic nitrogens is 2. The highest BCUT2D eigenvalue weighted by Crippen LogP contribution is 2.36. The van der Waals surface area contributed by atoms with E-state index in [1.807, 2.05) is 13.0 Å². The first kappa shape index (κ1) is 21.1. The monoisotopic (exact) mass is 475 g/mol. The number of halogens is 2. The number of fused-ring (bicyclic) bond motifs is 1. The minimum atomic E-state index is -0.242. The summed E-state index contributed by atoms with van der Waals surface area (Å²) in [6.45, 7) is 5.85. The summed E-state index contributed by atoms with van der Waals surface area (Å²) in [6, 6.07) is 8.82. The minimum absolute atomic E-state index is 0.242. The maximum Gasteiger partial charge on any atom is 0.282 e. The van der Waals surface area contributed by atoms with Crippen molar-refractivity contribution in [1.29, 1.82) is 0 Å². The molecule has 0 atom stereocenters. The van der Waals surface area contributed by atoms with E-state index in [4.69, 9.17) is 21.1 Å². The van der Waals surface area contributed by atoms with Gasteiger partial charge in [0, 0.05) is 10.9 Å². The summed E-state index contributed by atoms with van der Waals surface area (Å²) in [5.74, 6) is 1.45. The van der Waals surface area contributed by atoms with Crippen molar-refractivity contribution in [3.63, 3.8) is 0 Å². The first-order valence-electron chi connectivity index (χ1n) is 8.85. The van der Waals surface area contributed by atoms with Gasteiger partial charge in [0.1, 0.15) is 12.4 Å². The molecule has 29 heavy (non-hydrogen) atoms. The molecule has 0 unspecified atom stereocenters. The zero-order chi connectivity index (χ0) is 21.0. The second-order valence-electron chi connectivity index (χ2n) is 6.04. The number of nitrogens with zero attached hydrogens (tertiary/aromatic N) is 3. The third-order valence-corrected chi connectivity index (χ3v) is 4.89. The van der Waals surface area contributed by atoms with Crippen LogP contribution in [0.1, 0.15) is 18.3 Å². The van der Waals surface area contributed by atoms with Gasteiger partial charge in [-0.1, -0.05) is 47.1 Å². The molecule has 0 N–H and O–H groups in total. The summed E-state index contributed by atoms with van der Waals surface area (Å²) in [5, 5.41) is 5.22. The molecule has 3 aromatic rings. The largest absolute Gasteiger partial charge is 0.493 e. The van der Waals surface area contributed by atoms with E-state index in [0.717, 1.165) is 4.47 Å². The maximum atomic E-state index is 13.0. The Bertz CT molecular complexity index is 1160. The van der Waals surface area contributed by atoms with E-state index in [1.54, 1.807) is 30.3 Å². The van der Waals surface area contributed by atoms with Gasteiger partial charge in [0.05, 0.1) is 29.2 Å². The Labute approximate surface area is 181 Å². The van der Waals surface area contributed by atoms with E-state index in [-0.39, 0.29) is 5.56 Å². The molecule has 8 heteroatoms. The fourth-order valence-corrected chi connectivity index (χ4v) is 3.40. The number of methoxy groups -OCH3 is 1. The van der Waals surface area contributed by atoms with E-state index in [2.05, 4.69) is 32.6 Å². The zero-order valence-corrected chi connectivity index (χ0v) is 18.3. The standard InChI is InChI=1S/C21H19BrClN3O3/c1-4-8-29-20-16(23)9-13(10-18(20)28-3)12-24-26-19(5-2)25-17-7-6-14(22)11-15(17)21(26)27/h4,6-7,9-12H,1,5,8H2,2-3H3. The van der Waals surface area contributed by atoms with E-state index < -0.39 is 0 Å². The fourth-order valence-electron chi connectivity index (χ4n) is 2.76. The second kappa shape index (κ2) is 9.24. The van der Waals surface area contributed by atoms with Gasteiger partial charge in [-0.05, 0) is 35.9 Å². The average molecular weight is 477 g/mol. The molecule has 150 valence electrons. The number of benzene rings is 2. The lowest BCUT2D eigenvalue weighted by molar-refractivity contribution is 0.326. The summed E-state index contributed by atoms with van der Waals surface area (Å²) in [7, 11) is 1.53. The van der Waals surface area contributed by atoms with Gasteiger partial charge in [-0.2, -0.15) is 9.78 Å². The van der Waals surface area contributed by atoms with E-state index >= 15 is 0 Å². The summed E-state index contributed by atoms with van der Waals surface area (Å²) in [6.07, 6.45) is 3.71. The Morgan fingerprint density at radius 3 is 2.83 bits per heavy atom. The molecular weight excluding hydrogens is 458 g/mol. The van der Waals surface area contributed by atoms with Gasteiger partial charge < -0.3 is 9.47 Å². The van der Waals surface area contributed by atoms with Crippen LogP contribution in [-0.4, -0.2) is 29.6 Å². The van der Waals surface area contributed by atoms with Crippen LogP contribution in [0.25, 0.3) is 10.9 Å². The second-order valence-corrected chi connectivity index (χ2v) is 7.36. The van der Waals surface area contributed by atoms with Gasteiger partial charge in [-0.25, -0.2) is 4.98 Å². The molecule has 0 fully saturated rings. The number of aryl methyl sites for hydroxylation is 1. The highest BCUT2D eigenvalue weighted by Gasteiger charge is 2.12. The van der Waals surface area contributed by atoms with Crippen molar-refractivity contribution >= 4 is 44.6 Å². The van der Waals surface area contributed by atoms with Crippen LogP contribution in [0.4, 0.5) is 0 Å². The Hall–Kier alpha value is -2.64. The van der Waals surface area contributed by atoms with Crippen LogP contribution in [0.5, 0.6) is 11.5 Å². The van der Waals surface area contributed by atoms with Crippen molar-refractivity contribution in [2.24, 2.45) is 5.10 Å². The normalized spacial score (nSPS) is 11.2. The van der Waals surface area contributed by atoms with Gasteiger partial charge >= 0.3 is 0 Å². The van der Waals surface area contributed by atoms with Gasteiger partial charge in [-0.15, -0.1) is 0 Å². The average Bonchev–Trinajstić information content (AvgIpc) is 2.72. The third kappa shape index (κ3) is 4.52. The van der Waals surface area contributed by atoms with Gasteiger partial charge in [0.15, 0.2) is 11.5 Å². The summed E-state index contributed by atoms with van der Waals surface area (Å²) >= 11 is 9.72. The molecule has 0 amide bonds. The van der Waals surface area contributed by atoms with Crippen molar-refractivity contribution in [3.05, 3.63) is 74.2 Å². The molecule has 2 aromatic carbocycles. The molecule has 0 spiro atoms. The van der Waals surface area contributed by atoms with Gasteiger partial charge in [0.2, 0.25) is 0 Å². The lowest BCUT2D eigenvalue weighted by atomic mass is 10.2. The minimum Gasteiger partial charge on any atom is -0.493 e. The molecule has 3 rings (SSSR count). The number of hydrogen-bond acceptors (Lipinski definition) is 5. The Kier molecular flexibility index (Phi) is 6.71. The predicted octanol–water partition coefficient (Wildman–Crippen LogP) is 4.83. The molecule has 0 bridgehead atoms. The maximum absolute atomic E-state index is 13.0. The van der Waals surface area contributed by atoms with Crippen LogP contribution in [0.15, 0.2) is 57.4 Å². The van der Waals surface area contributed by atoms with Crippen LogP contribution in [-0.2, 0) is 6.42 Å². The first-order chi connectivity index (χ1) is 14.0. The van der Waals surface area contributed by atoms with Crippen molar-refractivity contribution in [3.8, 4) is 11.5 Å². The Morgan fingerprint density at radius 2 is 2.14 bits per heavy atom. The number of hydrogen-bond donors (Lipinski definition) is 0. The zero-order valence-electron chi connectivity index (χ0n) is 16.0. The van der Waals surface area contributed by atoms with Crippen molar-refractivity contribution in [1.82, 2.24) is 9.66 Å². The van der Waals surface area contributed by atoms with Crippen LogP contribution >= 0.6 is 27.5 Å².